The zero-order chi connectivity index (χ0) is 17.1. The van der Waals surface area contributed by atoms with Crippen LogP contribution in [0.2, 0.25) is 0 Å². The first-order valence-corrected chi connectivity index (χ1v) is 9.60. The average molecular weight is 346 g/mol. The van der Waals surface area contributed by atoms with Gasteiger partial charge in [0.05, 0.1) is 10.2 Å². The molecule has 0 bridgehead atoms. The molecule has 0 unspecified atom stereocenters. The van der Waals surface area contributed by atoms with Crippen LogP contribution in [0.25, 0.3) is 10.2 Å². The lowest BCUT2D eigenvalue weighted by molar-refractivity contribution is 0.0941. The van der Waals surface area contributed by atoms with Gasteiger partial charge < -0.3 is 14.8 Å². The lowest BCUT2D eigenvalue weighted by Gasteiger charge is -2.15. The Kier molecular flexibility index (Phi) is 5.41. The second-order valence-electron chi connectivity index (χ2n) is 6.83. The summed E-state index contributed by atoms with van der Waals surface area (Å²) in [6.45, 7) is 11.1. The standard InChI is InChI=1S/C19H27N3OS/c1-14(2)6-10-22-16-12-15(3)24-18(16)13-17(22)19(23)20-7-11-21-8-4-5-9-21/h6,12-13H,4-5,7-11H2,1-3H3,(H,20,23). The van der Waals surface area contributed by atoms with Gasteiger partial charge in [-0.05, 0) is 58.8 Å². The Bertz CT molecular complexity index is 746. The number of likely N-dealkylation sites (tertiary alicyclic amines) is 1. The third-order valence-corrected chi connectivity index (χ3v) is 5.53. The number of nitrogens with zero attached hydrogens (tertiary/aromatic N) is 2. The first-order chi connectivity index (χ1) is 11.5. The zero-order valence-electron chi connectivity index (χ0n) is 14.9. The van der Waals surface area contributed by atoms with Crippen LogP contribution in [-0.2, 0) is 6.54 Å². The van der Waals surface area contributed by atoms with Crippen LogP contribution in [0.15, 0.2) is 23.8 Å². The first kappa shape index (κ1) is 17.2. The number of amides is 1. The van der Waals surface area contributed by atoms with Crippen LogP contribution in [0.5, 0.6) is 0 Å². The Hall–Kier alpha value is -1.59. The predicted octanol–water partition coefficient (Wildman–Crippen LogP) is 3.80. The number of hydrogen-bond donors (Lipinski definition) is 1. The van der Waals surface area contributed by atoms with E-state index in [1.807, 2.05) is 6.07 Å². The molecule has 0 radical (unpaired) electrons. The number of fused-ring (bicyclic) bond motifs is 1. The molecule has 1 fully saturated rings. The summed E-state index contributed by atoms with van der Waals surface area (Å²) in [5, 5.41) is 3.10. The molecule has 0 aromatic carbocycles. The van der Waals surface area contributed by atoms with E-state index in [0.717, 1.165) is 25.3 Å². The van der Waals surface area contributed by atoms with Crippen LogP contribution in [0, 0.1) is 6.92 Å². The molecule has 2 aromatic heterocycles. The molecule has 3 heterocycles. The Balaban J connectivity index is 1.73. The van der Waals surface area contributed by atoms with Gasteiger partial charge in [-0.2, -0.15) is 0 Å². The summed E-state index contributed by atoms with van der Waals surface area (Å²) < 4.78 is 3.33. The van der Waals surface area contributed by atoms with Crippen molar-refractivity contribution in [2.24, 2.45) is 0 Å². The van der Waals surface area contributed by atoms with Crippen molar-refractivity contribution >= 4 is 27.5 Å². The molecular weight excluding hydrogens is 318 g/mol. The average Bonchev–Trinajstić information content (AvgIpc) is 3.21. The molecule has 24 heavy (non-hydrogen) atoms. The van der Waals surface area contributed by atoms with Crippen LogP contribution in [0.4, 0.5) is 0 Å². The number of aryl methyl sites for hydroxylation is 1. The van der Waals surface area contributed by atoms with Crippen molar-refractivity contribution in [2.75, 3.05) is 26.2 Å². The van der Waals surface area contributed by atoms with Gasteiger partial charge in [0.25, 0.3) is 5.91 Å². The van der Waals surface area contributed by atoms with Crippen molar-refractivity contribution in [3.05, 3.63) is 34.4 Å². The fraction of sp³-hybridized carbons (Fsp3) is 0.526. The molecule has 0 atom stereocenters. The molecule has 5 heteroatoms. The first-order valence-electron chi connectivity index (χ1n) is 8.78. The summed E-state index contributed by atoms with van der Waals surface area (Å²) >= 11 is 1.75. The Morgan fingerprint density at radius 2 is 2.04 bits per heavy atom. The SMILES string of the molecule is CC(C)=CCn1c(C(=O)NCCN2CCCC2)cc2sc(C)cc21. The lowest BCUT2D eigenvalue weighted by atomic mass is 10.3. The summed E-state index contributed by atoms with van der Waals surface area (Å²) in [5.41, 5.74) is 3.21. The third kappa shape index (κ3) is 3.90. The van der Waals surface area contributed by atoms with Crippen molar-refractivity contribution in [2.45, 2.75) is 40.2 Å². The van der Waals surface area contributed by atoms with Crippen LogP contribution in [-0.4, -0.2) is 41.6 Å². The lowest BCUT2D eigenvalue weighted by Crippen LogP contribution is -2.34. The second-order valence-corrected chi connectivity index (χ2v) is 8.12. The maximum Gasteiger partial charge on any atom is 0.268 e. The maximum atomic E-state index is 12.7. The van der Waals surface area contributed by atoms with E-state index in [0.29, 0.717) is 0 Å². The van der Waals surface area contributed by atoms with Crippen molar-refractivity contribution in [3.8, 4) is 0 Å². The van der Waals surface area contributed by atoms with Gasteiger partial charge in [-0.15, -0.1) is 11.3 Å². The number of aromatic nitrogens is 1. The molecule has 2 aromatic rings. The molecule has 0 saturated carbocycles. The minimum Gasteiger partial charge on any atom is -0.349 e. The van der Waals surface area contributed by atoms with E-state index in [9.17, 15) is 4.79 Å². The van der Waals surface area contributed by atoms with Crippen molar-refractivity contribution in [1.29, 1.82) is 0 Å². The second kappa shape index (κ2) is 7.53. The van der Waals surface area contributed by atoms with Gasteiger partial charge in [-0.25, -0.2) is 0 Å². The van der Waals surface area contributed by atoms with Gasteiger partial charge in [0, 0.05) is 24.5 Å². The largest absolute Gasteiger partial charge is 0.349 e. The zero-order valence-corrected chi connectivity index (χ0v) is 15.7. The number of carbonyl (C=O) groups is 1. The van der Waals surface area contributed by atoms with E-state index >= 15 is 0 Å². The van der Waals surface area contributed by atoms with E-state index in [1.54, 1.807) is 11.3 Å². The van der Waals surface area contributed by atoms with Crippen LogP contribution >= 0.6 is 11.3 Å². The Morgan fingerprint density at radius 1 is 1.29 bits per heavy atom. The van der Waals surface area contributed by atoms with Gasteiger partial charge in [0.2, 0.25) is 0 Å². The fourth-order valence-corrected chi connectivity index (χ4v) is 4.21. The van der Waals surface area contributed by atoms with Crippen LogP contribution < -0.4 is 5.32 Å². The minimum atomic E-state index is 0.0393. The molecule has 1 amide bonds. The summed E-state index contributed by atoms with van der Waals surface area (Å²) in [5.74, 6) is 0.0393. The third-order valence-electron chi connectivity index (χ3n) is 4.54. The number of allylic oxidation sites excluding steroid dienone is 2. The van der Waals surface area contributed by atoms with E-state index in [2.05, 4.69) is 47.7 Å². The molecule has 1 aliphatic rings. The predicted molar refractivity (Wildman–Crippen MR) is 102 cm³/mol. The quantitative estimate of drug-likeness (QED) is 0.809. The summed E-state index contributed by atoms with van der Waals surface area (Å²) in [4.78, 5) is 16.4. The van der Waals surface area contributed by atoms with Gasteiger partial charge in [0.15, 0.2) is 0 Å². The van der Waals surface area contributed by atoms with E-state index in [-0.39, 0.29) is 5.91 Å². The summed E-state index contributed by atoms with van der Waals surface area (Å²) in [6, 6.07) is 4.22. The van der Waals surface area contributed by atoms with E-state index in [4.69, 9.17) is 0 Å². The van der Waals surface area contributed by atoms with E-state index in [1.165, 1.54) is 46.6 Å². The number of rotatable bonds is 6. The highest BCUT2D eigenvalue weighted by molar-refractivity contribution is 7.19. The minimum absolute atomic E-state index is 0.0393. The van der Waals surface area contributed by atoms with Crippen LogP contribution in [0.3, 0.4) is 0 Å². The number of nitrogens with one attached hydrogen (secondary N) is 1. The number of carbonyl (C=O) groups excluding carboxylic acids is 1. The smallest absolute Gasteiger partial charge is 0.268 e. The molecule has 1 aliphatic heterocycles. The fourth-order valence-electron chi connectivity index (χ4n) is 3.25. The van der Waals surface area contributed by atoms with Crippen molar-refractivity contribution in [3.63, 3.8) is 0 Å². The summed E-state index contributed by atoms with van der Waals surface area (Å²) in [6.07, 6.45) is 4.75. The molecule has 3 rings (SSSR count). The normalized spacial score (nSPS) is 15.1. The molecule has 130 valence electrons. The highest BCUT2D eigenvalue weighted by atomic mass is 32.1. The topological polar surface area (TPSA) is 37.3 Å². The Labute approximate surface area is 148 Å². The molecule has 1 saturated heterocycles. The molecular formula is C19H27N3OS. The molecule has 1 N–H and O–H groups in total. The van der Waals surface area contributed by atoms with Crippen molar-refractivity contribution in [1.82, 2.24) is 14.8 Å². The van der Waals surface area contributed by atoms with E-state index < -0.39 is 0 Å². The monoisotopic (exact) mass is 345 g/mol. The van der Waals surface area contributed by atoms with Gasteiger partial charge in [-0.3, -0.25) is 4.79 Å². The number of hydrogen-bond acceptors (Lipinski definition) is 3. The van der Waals surface area contributed by atoms with Gasteiger partial charge in [0.1, 0.15) is 5.69 Å². The molecule has 4 nitrogen and oxygen atoms in total. The number of thiophene rings is 1. The van der Waals surface area contributed by atoms with Gasteiger partial charge in [-0.1, -0.05) is 11.6 Å². The highest BCUT2D eigenvalue weighted by Gasteiger charge is 2.17. The molecule has 0 spiro atoms. The Morgan fingerprint density at radius 3 is 2.75 bits per heavy atom. The molecule has 0 aliphatic carbocycles. The maximum absolute atomic E-state index is 12.7. The van der Waals surface area contributed by atoms with Gasteiger partial charge >= 0.3 is 0 Å². The van der Waals surface area contributed by atoms with Crippen LogP contribution in [0.1, 0.15) is 42.1 Å². The van der Waals surface area contributed by atoms with Crippen molar-refractivity contribution < 1.29 is 4.79 Å². The summed E-state index contributed by atoms with van der Waals surface area (Å²) in [7, 11) is 0. The highest BCUT2D eigenvalue weighted by Crippen LogP contribution is 2.29.